The molecule has 32 heavy (non-hydrogen) atoms. The predicted molar refractivity (Wildman–Crippen MR) is 125 cm³/mol. The highest BCUT2D eigenvalue weighted by molar-refractivity contribution is 9.10. The number of benzene rings is 1. The van der Waals surface area contributed by atoms with Gasteiger partial charge in [-0.3, -0.25) is 0 Å². The standard InChI is InChI=1S/C21H19BrClN7O2/c1-2-16-18(22)17-19(27-16)28-21(32-15-6-25-10-26-7-15)29-20(17)31-14-4-11(23)3-13(5-14)30-8-12(24)9-30/h3-7,10,12H,2,8-9,24H2,1H3,(H,27,28,29). The number of rotatable bonds is 6. The van der Waals surface area contributed by atoms with Gasteiger partial charge in [0.25, 0.3) is 0 Å². The lowest BCUT2D eigenvalue weighted by atomic mass is 10.1. The van der Waals surface area contributed by atoms with Crippen LogP contribution in [0.4, 0.5) is 5.69 Å². The van der Waals surface area contributed by atoms with Crippen LogP contribution >= 0.6 is 27.5 Å². The Morgan fingerprint density at radius 3 is 2.66 bits per heavy atom. The van der Waals surface area contributed by atoms with Gasteiger partial charge in [-0.25, -0.2) is 9.97 Å². The number of aromatic nitrogens is 5. The van der Waals surface area contributed by atoms with Crippen LogP contribution in [0.25, 0.3) is 11.0 Å². The zero-order chi connectivity index (χ0) is 22.2. The molecule has 0 unspecified atom stereocenters. The topological polar surface area (TPSA) is 115 Å². The van der Waals surface area contributed by atoms with Crippen LogP contribution in [0.3, 0.4) is 0 Å². The van der Waals surface area contributed by atoms with Gasteiger partial charge in [0.2, 0.25) is 5.88 Å². The Hall–Kier alpha value is -2.95. The summed E-state index contributed by atoms with van der Waals surface area (Å²) in [6.45, 7) is 3.60. The van der Waals surface area contributed by atoms with E-state index in [0.717, 1.165) is 35.4 Å². The van der Waals surface area contributed by atoms with E-state index in [2.05, 4.69) is 45.7 Å². The molecule has 4 aromatic rings. The van der Waals surface area contributed by atoms with Gasteiger partial charge in [-0.2, -0.15) is 9.97 Å². The molecule has 0 bridgehead atoms. The third-order valence-corrected chi connectivity index (χ3v) is 6.15. The van der Waals surface area contributed by atoms with Crippen LogP contribution in [-0.4, -0.2) is 44.1 Å². The normalized spacial score (nSPS) is 13.9. The average Bonchev–Trinajstić information content (AvgIpc) is 3.07. The van der Waals surface area contributed by atoms with Crippen molar-refractivity contribution in [2.75, 3.05) is 18.0 Å². The molecule has 1 aromatic carbocycles. The second-order valence-corrected chi connectivity index (χ2v) is 8.62. The van der Waals surface area contributed by atoms with Crippen LogP contribution < -0.4 is 20.1 Å². The van der Waals surface area contributed by atoms with Gasteiger partial charge in [-0.15, -0.1) is 0 Å². The summed E-state index contributed by atoms with van der Waals surface area (Å²) in [6, 6.07) is 5.82. The molecule has 1 aliphatic rings. The molecule has 1 fully saturated rings. The van der Waals surface area contributed by atoms with Gasteiger partial charge in [-0.1, -0.05) is 18.5 Å². The van der Waals surface area contributed by atoms with E-state index < -0.39 is 0 Å². The Labute approximate surface area is 197 Å². The van der Waals surface area contributed by atoms with E-state index in [-0.39, 0.29) is 12.1 Å². The van der Waals surface area contributed by atoms with Gasteiger partial charge < -0.3 is 25.1 Å². The first kappa shape index (κ1) is 20.9. The van der Waals surface area contributed by atoms with Gasteiger partial charge >= 0.3 is 6.01 Å². The number of nitrogens with zero attached hydrogens (tertiary/aromatic N) is 5. The lowest BCUT2D eigenvalue weighted by Gasteiger charge is -2.39. The minimum absolute atomic E-state index is 0.106. The SMILES string of the molecule is CCc1[nH]c2nc(Oc3cncnc3)nc(Oc3cc(Cl)cc(N4CC(N)C4)c3)c2c1Br. The number of aryl methyl sites for hydroxylation is 1. The quantitative estimate of drug-likeness (QED) is 0.386. The lowest BCUT2D eigenvalue weighted by Crippen LogP contribution is -2.55. The molecule has 0 atom stereocenters. The molecule has 0 amide bonds. The molecule has 0 aliphatic carbocycles. The van der Waals surface area contributed by atoms with E-state index >= 15 is 0 Å². The van der Waals surface area contributed by atoms with Gasteiger partial charge in [0.05, 0.1) is 22.3 Å². The van der Waals surface area contributed by atoms with Crippen molar-refractivity contribution in [3.8, 4) is 23.4 Å². The van der Waals surface area contributed by atoms with Crippen LogP contribution in [0.2, 0.25) is 5.02 Å². The van der Waals surface area contributed by atoms with E-state index in [0.29, 0.717) is 33.4 Å². The number of nitrogens with two attached hydrogens (primary N) is 1. The molecule has 1 aliphatic heterocycles. The molecular weight excluding hydrogens is 498 g/mol. The highest BCUT2D eigenvalue weighted by atomic mass is 79.9. The fourth-order valence-electron chi connectivity index (χ4n) is 3.49. The lowest BCUT2D eigenvalue weighted by molar-refractivity contribution is 0.414. The maximum atomic E-state index is 6.37. The van der Waals surface area contributed by atoms with Crippen molar-refractivity contribution in [1.29, 1.82) is 0 Å². The van der Waals surface area contributed by atoms with E-state index in [1.165, 1.54) is 18.7 Å². The van der Waals surface area contributed by atoms with Crippen LogP contribution in [0.15, 0.2) is 41.4 Å². The fraction of sp³-hybridized carbons (Fsp3) is 0.238. The zero-order valence-electron chi connectivity index (χ0n) is 17.0. The van der Waals surface area contributed by atoms with Crippen molar-refractivity contribution < 1.29 is 9.47 Å². The Morgan fingerprint density at radius 1 is 1.16 bits per heavy atom. The number of hydrogen-bond acceptors (Lipinski definition) is 8. The molecule has 9 nitrogen and oxygen atoms in total. The molecule has 3 aromatic heterocycles. The third kappa shape index (κ3) is 4.08. The number of H-pyrrole nitrogens is 1. The Bertz CT molecular complexity index is 1280. The first-order valence-electron chi connectivity index (χ1n) is 10.00. The monoisotopic (exact) mass is 515 g/mol. The fourth-order valence-corrected chi connectivity index (χ4v) is 4.44. The first-order chi connectivity index (χ1) is 15.5. The molecule has 11 heteroatoms. The molecule has 5 rings (SSSR count). The van der Waals surface area contributed by atoms with Crippen molar-refractivity contribution in [2.45, 2.75) is 19.4 Å². The van der Waals surface area contributed by atoms with Gasteiger partial charge in [0, 0.05) is 41.6 Å². The summed E-state index contributed by atoms with van der Waals surface area (Å²) < 4.78 is 12.8. The molecule has 1 saturated heterocycles. The molecule has 0 spiro atoms. The van der Waals surface area contributed by atoms with Crippen LogP contribution in [0.1, 0.15) is 12.6 Å². The number of anilines is 1. The number of fused-ring (bicyclic) bond motifs is 1. The maximum Gasteiger partial charge on any atom is 0.327 e. The van der Waals surface area contributed by atoms with E-state index in [9.17, 15) is 0 Å². The number of nitrogens with one attached hydrogen (secondary N) is 1. The smallest absolute Gasteiger partial charge is 0.327 e. The summed E-state index contributed by atoms with van der Waals surface area (Å²) in [5.41, 5.74) is 8.43. The minimum atomic E-state index is 0.106. The van der Waals surface area contributed by atoms with Gasteiger partial charge in [0.15, 0.2) is 5.75 Å². The summed E-state index contributed by atoms with van der Waals surface area (Å²) in [7, 11) is 0. The molecule has 4 heterocycles. The summed E-state index contributed by atoms with van der Waals surface area (Å²) >= 11 is 10.0. The van der Waals surface area contributed by atoms with Gasteiger partial charge in [0.1, 0.15) is 17.7 Å². The van der Waals surface area contributed by atoms with Crippen molar-refractivity contribution in [1.82, 2.24) is 24.9 Å². The summed E-state index contributed by atoms with van der Waals surface area (Å²) in [5.74, 6) is 1.30. The number of hydrogen-bond donors (Lipinski definition) is 2. The van der Waals surface area contributed by atoms with Crippen molar-refractivity contribution in [3.63, 3.8) is 0 Å². The van der Waals surface area contributed by atoms with Crippen LogP contribution in [0, 0.1) is 0 Å². The molecule has 164 valence electrons. The summed E-state index contributed by atoms with van der Waals surface area (Å²) in [5, 5.41) is 1.27. The maximum absolute atomic E-state index is 6.37. The van der Waals surface area contributed by atoms with Gasteiger partial charge in [-0.05, 0) is 34.5 Å². The molecular formula is C21H19BrClN7O2. The van der Waals surface area contributed by atoms with E-state index in [1.54, 1.807) is 6.07 Å². The molecule has 3 N–H and O–H groups in total. The van der Waals surface area contributed by atoms with E-state index in [1.807, 2.05) is 19.1 Å². The average molecular weight is 517 g/mol. The van der Waals surface area contributed by atoms with Crippen LogP contribution in [0.5, 0.6) is 23.4 Å². The Morgan fingerprint density at radius 2 is 1.94 bits per heavy atom. The summed E-state index contributed by atoms with van der Waals surface area (Å²) in [4.78, 5) is 22.3. The van der Waals surface area contributed by atoms with Crippen LogP contribution in [-0.2, 0) is 6.42 Å². The van der Waals surface area contributed by atoms with Crippen molar-refractivity contribution in [3.05, 3.63) is 52.1 Å². The molecule has 0 saturated carbocycles. The number of ether oxygens (including phenoxy) is 2. The third-order valence-electron chi connectivity index (χ3n) is 5.05. The second kappa shape index (κ2) is 8.53. The Balaban J connectivity index is 1.55. The van der Waals surface area contributed by atoms with Crippen molar-refractivity contribution >= 4 is 44.3 Å². The Kier molecular flexibility index (Phi) is 5.58. The number of aromatic amines is 1. The predicted octanol–water partition coefficient (Wildman–Crippen LogP) is 4.46. The molecule has 0 radical (unpaired) electrons. The second-order valence-electron chi connectivity index (χ2n) is 7.39. The number of halogens is 2. The highest BCUT2D eigenvalue weighted by Gasteiger charge is 2.24. The largest absolute Gasteiger partial charge is 0.438 e. The zero-order valence-corrected chi connectivity index (χ0v) is 19.4. The minimum Gasteiger partial charge on any atom is -0.438 e. The van der Waals surface area contributed by atoms with Crippen molar-refractivity contribution in [2.24, 2.45) is 5.73 Å². The highest BCUT2D eigenvalue weighted by Crippen LogP contribution is 2.39. The first-order valence-corrected chi connectivity index (χ1v) is 11.2. The van der Waals surface area contributed by atoms with E-state index in [4.69, 9.17) is 26.8 Å². The summed E-state index contributed by atoms with van der Waals surface area (Å²) in [6.07, 6.45) is 5.26.